The number of nitrogens with one attached hydrogen (secondary N) is 3. The van der Waals surface area contributed by atoms with Crippen LogP contribution in [0, 0.1) is 4.77 Å². The second kappa shape index (κ2) is 4.42. The van der Waals surface area contributed by atoms with Gasteiger partial charge >= 0.3 is 5.69 Å². The van der Waals surface area contributed by atoms with E-state index in [2.05, 4.69) is 15.4 Å². The normalized spacial score (nSPS) is 10.0. The SMILES string of the molecule is O=c1[nH]c(=S)[nH]n1C(=S)Nc1ccccc1. The average molecular weight is 252 g/mol. The number of anilines is 1. The van der Waals surface area contributed by atoms with Crippen LogP contribution in [0.1, 0.15) is 0 Å². The summed E-state index contributed by atoms with van der Waals surface area (Å²) >= 11 is 9.84. The minimum absolute atomic E-state index is 0.238. The van der Waals surface area contributed by atoms with Crippen LogP contribution in [0.25, 0.3) is 0 Å². The molecule has 2 rings (SSSR count). The Bertz CT molecular complexity index is 610. The Morgan fingerprint density at radius 1 is 1.31 bits per heavy atom. The minimum atomic E-state index is -0.390. The van der Waals surface area contributed by atoms with E-state index in [4.69, 9.17) is 24.4 Å². The van der Waals surface area contributed by atoms with Crippen LogP contribution in [-0.4, -0.2) is 19.9 Å². The highest BCUT2D eigenvalue weighted by Crippen LogP contribution is 2.04. The van der Waals surface area contributed by atoms with Gasteiger partial charge in [-0.2, -0.15) is 4.68 Å². The fraction of sp³-hybridized carbons (Fsp3) is 0. The Balaban J connectivity index is 2.25. The third kappa shape index (κ3) is 2.26. The van der Waals surface area contributed by atoms with Crippen molar-refractivity contribution in [1.29, 1.82) is 0 Å². The van der Waals surface area contributed by atoms with E-state index < -0.39 is 5.69 Å². The van der Waals surface area contributed by atoms with Gasteiger partial charge in [0.1, 0.15) is 0 Å². The maximum Gasteiger partial charge on any atom is 0.349 e. The quantitative estimate of drug-likeness (QED) is 0.673. The first-order valence-electron chi connectivity index (χ1n) is 4.44. The van der Waals surface area contributed by atoms with Gasteiger partial charge in [-0.25, -0.2) is 4.79 Å². The average Bonchev–Trinajstić information content (AvgIpc) is 2.59. The number of rotatable bonds is 1. The van der Waals surface area contributed by atoms with Crippen molar-refractivity contribution in [3.63, 3.8) is 0 Å². The third-order valence-corrected chi connectivity index (χ3v) is 2.34. The summed E-state index contributed by atoms with van der Waals surface area (Å²) in [6.07, 6.45) is 0. The summed E-state index contributed by atoms with van der Waals surface area (Å²) in [7, 11) is 0. The number of nitrogens with zero attached hydrogens (tertiary/aromatic N) is 1. The second-order valence-electron chi connectivity index (χ2n) is 3.00. The van der Waals surface area contributed by atoms with E-state index >= 15 is 0 Å². The fourth-order valence-electron chi connectivity index (χ4n) is 1.18. The van der Waals surface area contributed by atoms with Crippen molar-refractivity contribution in [2.45, 2.75) is 0 Å². The van der Waals surface area contributed by atoms with Gasteiger partial charge in [0.05, 0.1) is 0 Å². The minimum Gasteiger partial charge on any atom is -0.331 e. The van der Waals surface area contributed by atoms with Crippen LogP contribution in [0.3, 0.4) is 0 Å². The summed E-state index contributed by atoms with van der Waals surface area (Å²) < 4.78 is 1.38. The number of H-pyrrole nitrogens is 2. The number of thiocarbonyl (C=S) groups is 1. The van der Waals surface area contributed by atoms with E-state index in [1.54, 1.807) is 0 Å². The van der Waals surface area contributed by atoms with Crippen LogP contribution in [0.5, 0.6) is 0 Å². The Kier molecular flexibility index (Phi) is 2.97. The number of benzene rings is 1. The van der Waals surface area contributed by atoms with Gasteiger partial charge in [-0.1, -0.05) is 18.2 Å². The summed E-state index contributed by atoms with van der Waals surface area (Å²) in [4.78, 5) is 13.8. The molecule has 5 nitrogen and oxygen atoms in total. The van der Waals surface area contributed by atoms with Crippen molar-refractivity contribution in [2.75, 3.05) is 5.32 Å². The van der Waals surface area contributed by atoms with Gasteiger partial charge in [0, 0.05) is 5.69 Å². The zero-order valence-electron chi connectivity index (χ0n) is 8.06. The zero-order chi connectivity index (χ0) is 11.5. The molecule has 3 N–H and O–H groups in total. The molecule has 0 radical (unpaired) electrons. The first kappa shape index (κ1) is 10.8. The van der Waals surface area contributed by atoms with Crippen LogP contribution in [0.2, 0.25) is 0 Å². The lowest BCUT2D eigenvalue weighted by Crippen LogP contribution is -2.30. The van der Waals surface area contributed by atoms with Gasteiger partial charge in [-0.15, -0.1) is 0 Å². The van der Waals surface area contributed by atoms with E-state index in [0.29, 0.717) is 0 Å². The summed E-state index contributed by atoms with van der Waals surface area (Å²) in [5.41, 5.74) is 0.415. The van der Waals surface area contributed by atoms with Crippen molar-refractivity contribution >= 4 is 35.2 Å². The molecular weight excluding hydrogens is 244 g/mol. The van der Waals surface area contributed by atoms with Gasteiger partial charge in [0.25, 0.3) is 0 Å². The van der Waals surface area contributed by atoms with Crippen molar-refractivity contribution in [1.82, 2.24) is 14.8 Å². The molecule has 0 atom stereocenters. The smallest absolute Gasteiger partial charge is 0.331 e. The maximum atomic E-state index is 11.4. The Morgan fingerprint density at radius 3 is 2.56 bits per heavy atom. The molecule has 0 aliphatic carbocycles. The predicted molar refractivity (Wildman–Crippen MR) is 68.3 cm³/mol. The van der Waals surface area contributed by atoms with Crippen LogP contribution in [0.15, 0.2) is 35.1 Å². The monoisotopic (exact) mass is 252 g/mol. The second-order valence-corrected chi connectivity index (χ2v) is 3.80. The predicted octanol–water partition coefficient (Wildman–Crippen LogP) is 1.48. The van der Waals surface area contributed by atoms with Gasteiger partial charge in [-0.05, 0) is 36.6 Å². The van der Waals surface area contributed by atoms with Crippen LogP contribution in [0.4, 0.5) is 5.69 Å². The molecule has 0 amide bonds. The Labute approximate surface area is 101 Å². The lowest BCUT2D eigenvalue weighted by molar-refractivity contribution is 0.903. The molecule has 1 heterocycles. The topological polar surface area (TPSA) is 65.6 Å². The molecule has 82 valence electrons. The third-order valence-electron chi connectivity index (χ3n) is 1.87. The van der Waals surface area contributed by atoms with Crippen molar-refractivity contribution < 1.29 is 0 Å². The fourth-order valence-corrected chi connectivity index (χ4v) is 1.60. The summed E-state index contributed by atoms with van der Waals surface area (Å²) in [5, 5.41) is 5.77. The lowest BCUT2D eigenvalue weighted by Gasteiger charge is -2.06. The number of aromatic amines is 2. The van der Waals surface area contributed by atoms with Gasteiger partial charge in [-0.3, -0.25) is 10.1 Å². The molecular formula is C9H8N4OS2. The molecule has 0 saturated carbocycles. The number of hydrogen-bond donors (Lipinski definition) is 3. The molecule has 0 unspecified atom stereocenters. The molecule has 7 heteroatoms. The molecule has 0 fully saturated rings. The molecule has 16 heavy (non-hydrogen) atoms. The van der Waals surface area contributed by atoms with Gasteiger partial charge in [0.15, 0.2) is 4.77 Å². The Morgan fingerprint density at radius 2 is 2.00 bits per heavy atom. The highest BCUT2D eigenvalue weighted by atomic mass is 32.1. The molecule has 0 spiro atoms. The van der Waals surface area contributed by atoms with Crippen LogP contribution in [-0.2, 0) is 0 Å². The van der Waals surface area contributed by atoms with Gasteiger partial charge < -0.3 is 5.32 Å². The highest BCUT2D eigenvalue weighted by Gasteiger charge is 2.04. The largest absolute Gasteiger partial charge is 0.349 e. The highest BCUT2D eigenvalue weighted by molar-refractivity contribution is 7.80. The number of aromatic nitrogens is 3. The van der Waals surface area contributed by atoms with Crippen molar-refractivity contribution in [3.05, 3.63) is 45.6 Å². The number of para-hydroxylation sites is 1. The maximum absolute atomic E-state index is 11.4. The summed E-state index contributed by atoms with van der Waals surface area (Å²) in [6.45, 7) is 0. The molecule has 0 aliphatic rings. The first-order valence-corrected chi connectivity index (χ1v) is 5.26. The molecule has 0 saturated heterocycles. The van der Waals surface area contributed by atoms with Crippen molar-refractivity contribution in [2.24, 2.45) is 0 Å². The molecule has 1 aromatic heterocycles. The van der Waals surface area contributed by atoms with Crippen molar-refractivity contribution in [3.8, 4) is 0 Å². The van der Waals surface area contributed by atoms with E-state index in [0.717, 1.165) is 10.4 Å². The molecule has 1 aromatic carbocycles. The Hall–Kier alpha value is -1.73. The van der Waals surface area contributed by atoms with Crippen LogP contribution >= 0.6 is 24.4 Å². The lowest BCUT2D eigenvalue weighted by atomic mass is 10.3. The van der Waals surface area contributed by atoms with E-state index in [1.165, 1.54) is 0 Å². The van der Waals surface area contributed by atoms with Gasteiger partial charge in [0.2, 0.25) is 5.11 Å². The molecule has 0 aliphatic heterocycles. The van der Waals surface area contributed by atoms with E-state index in [9.17, 15) is 4.79 Å². The molecule has 0 bridgehead atoms. The van der Waals surface area contributed by atoms with E-state index in [1.807, 2.05) is 30.3 Å². The standard InChI is InChI=1S/C9H8N4OS2/c14-8-11-7(15)12-13(8)9(16)10-6-4-2-1-3-5-6/h1-5H,(H,10,16)(H2,11,12,14,15). The zero-order valence-corrected chi connectivity index (χ0v) is 9.69. The van der Waals surface area contributed by atoms with Crippen LogP contribution < -0.4 is 11.0 Å². The summed E-state index contributed by atoms with van der Waals surface area (Å²) in [6, 6.07) is 9.32. The molecule has 2 aromatic rings. The first-order chi connectivity index (χ1) is 7.66. The van der Waals surface area contributed by atoms with E-state index in [-0.39, 0.29) is 9.88 Å². The number of hydrogen-bond acceptors (Lipinski definition) is 3. The summed E-state index contributed by atoms with van der Waals surface area (Å²) in [5.74, 6) is 0.